The molecule has 2 bridgehead atoms. The molecule has 0 unspecified atom stereocenters. The molecule has 0 amide bonds. The smallest absolute Gasteiger partial charge is 0.0599 e. The van der Waals surface area contributed by atoms with Crippen molar-refractivity contribution in [1.29, 1.82) is 0 Å². The van der Waals surface area contributed by atoms with Crippen LogP contribution in [0, 0.1) is 23.7 Å². The maximum Gasteiger partial charge on any atom is 0.0599 e. The fourth-order valence-corrected chi connectivity index (χ4v) is 3.35. The molecule has 1 heteroatoms. The largest absolute Gasteiger partial charge is 0.393 e. The minimum Gasteiger partial charge on any atom is -0.393 e. The molecule has 3 rings (SSSR count). The highest BCUT2D eigenvalue weighted by Crippen LogP contribution is 2.63. The van der Waals surface area contributed by atoms with Gasteiger partial charge in [-0.25, -0.2) is 0 Å². The van der Waals surface area contributed by atoms with E-state index in [9.17, 15) is 5.11 Å². The van der Waals surface area contributed by atoms with E-state index in [1.54, 1.807) is 0 Å². The zero-order chi connectivity index (χ0) is 6.01. The number of hydrogen-bond acceptors (Lipinski definition) is 1. The molecule has 0 aromatic heterocycles. The van der Waals surface area contributed by atoms with Gasteiger partial charge in [-0.15, -0.1) is 0 Å². The van der Waals surface area contributed by atoms with Gasteiger partial charge >= 0.3 is 0 Å². The minimum atomic E-state index is 0.111. The molecule has 0 saturated heterocycles. The third-order valence-electron chi connectivity index (χ3n) is 3.83. The van der Waals surface area contributed by atoms with Crippen molar-refractivity contribution in [2.75, 3.05) is 0 Å². The van der Waals surface area contributed by atoms with E-state index >= 15 is 0 Å². The first-order valence-corrected chi connectivity index (χ1v) is 4.04. The van der Waals surface area contributed by atoms with Gasteiger partial charge in [0.2, 0.25) is 0 Å². The van der Waals surface area contributed by atoms with E-state index in [0.29, 0.717) is 0 Å². The highest BCUT2D eigenvalue weighted by atomic mass is 16.3. The number of aliphatic hydroxyl groups excluding tert-OH is 1. The monoisotopic (exact) mass is 124 g/mol. The van der Waals surface area contributed by atoms with Crippen LogP contribution in [0.25, 0.3) is 0 Å². The Balaban J connectivity index is 2.00. The Labute approximate surface area is 55.1 Å². The molecule has 3 saturated carbocycles. The Morgan fingerprint density at radius 3 is 2.00 bits per heavy atom. The minimum absolute atomic E-state index is 0.111. The maximum atomic E-state index is 9.53. The standard InChI is InChI=1S/C8H12O/c9-8-5-1-4-2-7(8)6(4)3-5/h4-9H,1-3H2/t4-,5-,6+,7+,8+/m0/s1. The lowest BCUT2D eigenvalue weighted by Crippen LogP contribution is -2.42. The zero-order valence-corrected chi connectivity index (χ0v) is 5.46. The normalized spacial score (nSPS) is 68.3. The Morgan fingerprint density at radius 1 is 0.889 bits per heavy atom. The van der Waals surface area contributed by atoms with Crippen LogP contribution in [0.5, 0.6) is 0 Å². The molecule has 0 aromatic rings. The van der Waals surface area contributed by atoms with E-state index in [2.05, 4.69) is 0 Å². The first kappa shape index (κ1) is 4.73. The van der Waals surface area contributed by atoms with Gasteiger partial charge in [-0.2, -0.15) is 0 Å². The molecule has 1 nitrogen and oxygen atoms in total. The van der Waals surface area contributed by atoms with Gasteiger partial charge in [0.15, 0.2) is 0 Å². The molecular weight excluding hydrogens is 112 g/mol. The summed E-state index contributed by atoms with van der Waals surface area (Å²) in [5, 5.41) is 9.53. The topological polar surface area (TPSA) is 20.2 Å². The molecule has 3 aliphatic rings. The lowest BCUT2D eigenvalue weighted by molar-refractivity contribution is -0.0395. The molecule has 0 radical (unpaired) electrons. The van der Waals surface area contributed by atoms with Crippen LogP contribution in [0.15, 0.2) is 0 Å². The second-order valence-corrected chi connectivity index (χ2v) is 4.05. The van der Waals surface area contributed by atoms with E-state index in [1.807, 2.05) is 0 Å². The summed E-state index contributed by atoms with van der Waals surface area (Å²) in [5.74, 6) is 3.47. The van der Waals surface area contributed by atoms with Crippen LogP contribution in [-0.4, -0.2) is 11.2 Å². The number of fused-ring (bicyclic) bond motifs is 1. The molecule has 3 fully saturated rings. The first-order chi connectivity index (χ1) is 4.36. The molecule has 1 N–H and O–H groups in total. The average molecular weight is 124 g/mol. The van der Waals surface area contributed by atoms with Crippen molar-refractivity contribution in [3.8, 4) is 0 Å². The Kier molecular flexibility index (Phi) is 0.628. The molecule has 0 heterocycles. The molecule has 0 aliphatic heterocycles. The summed E-state index contributed by atoms with van der Waals surface area (Å²) in [6.45, 7) is 0. The average Bonchev–Trinajstić information content (AvgIpc) is 2.20. The first-order valence-electron chi connectivity index (χ1n) is 4.04. The van der Waals surface area contributed by atoms with Crippen molar-refractivity contribution >= 4 is 0 Å². The van der Waals surface area contributed by atoms with Crippen LogP contribution in [0.2, 0.25) is 0 Å². The number of hydrogen-bond donors (Lipinski definition) is 1. The van der Waals surface area contributed by atoms with Gasteiger partial charge in [-0.3, -0.25) is 0 Å². The lowest BCUT2D eigenvalue weighted by atomic mass is 9.63. The van der Waals surface area contributed by atoms with Crippen LogP contribution in [0.4, 0.5) is 0 Å². The molecule has 50 valence electrons. The molecule has 0 spiro atoms. The number of aliphatic hydroxyl groups is 1. The SMILES string of the molecule is O[C@@H]1[C@H]2C[C@H]3C[C@@H]1[C@@H]3C2. The van der Waals surface area contributed by atoms with Crippen molar-refractivity contribution in [3.63, 3.8) is 0 Å². The third-order valence-corrected chi connectivity index (χ3v) is 3.83. The van der Waals surface area contributed by atoms with Gasteiger partial charge in [-0.1, -0.05) is 0 Å². The molecular formula is C8H12O. The summed E-state index contributed by atoms with van der Waals surface area (Å²) < 4.78 is 0. The van der Waals surface area contributed by atoms with Crippen LogP contribution in [0.3, 0.4) is 0 Å². The molecule has 3 aliphatic carbocycles. The Hall–Kier alpha value is -0.0400. The summed E-state index contributed by atoms with van der Waals surface area (Å²) >= 11 is 0. The summed E-state index contributed by atoms with van der Waals surface area (Å²) in [5.41, 5.74) is 0. The molecule has 0 aromatic carbocycles. The second kappa shape index (κ2) is 1.20. The Bertz CT molecular complexity index is 144. The summed E-state index contributed by atoms with van der Waals surface area (Å²) in [7, 11) is 0. The van der Waals surface area contributed by atoms with Crippen molar-refractivity contribution < 1.29 is 5.11 Å². The van der Waals surface area contributed by atoms with Crippen molar-refractivity contribution in [2.45, 2.75) is 25.4 Å². The van der Waals surface area contributed by atoms with Crippen molar-refractivity contribution in [3.05, 3.63) is 0 Å². The van der Waals surface area contributed by atoms with Crippen molar-refractivity contribution in [1.82, 2.24) is 0 Å². The summed E-state index contributed by atoms with van der Waals surface area (Å²) in [6.07, 6.45) is 4.17. The highest BCUT2D eigenvalue weighted by molar-refractivity contribution is 5.08. The second-order valence-electron chi connectivity index (χ2n) is 4.05. The van der Waals surface area contributed by atoms with Crippen LogP contribution >= 0.6 is 0 Å². The van der Waals surface area contributed by atoms with E-state index in [1.165, 1.54) is 19.3 Å². The van der Waals surface area contributed by atoms with E-state index in [4.69, 9.17) is 0 Å². The van der Waals surface area contributed by atoms with Gasteiger partial charge < -0.3 is 5.11 Å². The van der Waals surface area contributed by atoms with Gasteiger partial charge in [-0.05, 0) is 42.9 Å². The van der Waals surface area contributed by atoms with E-state index in [0.717, 1.165) is 23.7 Å². The fraction of sp³-hybridized carbons (Fsp3) is 1.00. The van der Waals surface area contributed by atoms with E-state index < -0.39 is 0 Å². The van der Waals surface area contributed by atoms with Gasteiger partial charge in [0.05, 0.1) is 6.10 Å². The molecule has 9 heavy (non-hydrogen) atoms. The lowest BCUT2D eigenvalue weighted by Gasteiger charge is -2.44. The molecule has 5 atom stereocenters. The quantitative estimate of drug-likeness (QED) is 0.511. The number of rotatable bonds is 0. The zero-order valence-electron chi connectivity index (χ0n) is 5.46. The summed E-state index contributed by atoms with van der Waals surface area (Å²) in [6, 6.07) is 0. The predicted molar refractivity (Wildman–Crippen MR) is 33.8 cm³/mol. The van der Waals surface area contributed by atoms with E-state index in [-0.39, 0.29) is 6.10 Å². The fourth-order valence-electron chi connectivity index (χ4n) is 3.35. The Morgan fingerprint density at radius 2 is 1.67 bits per heavy atom. The van der Waals surface area contributed by atoms with Gasteiger partial charge in [0.25, 0.3) is 0 Å². The van der Waals surface area contributed by atoms with Crippen LogP contribution in [0.1, 0.15) is 19.3 Å². The van der Waals surface area contributed by atoms with Gasteiger partial charge in [0.1, 0.15) is 0 Å². The van der Waals surface area contributed by atoms with Crippen molar-refractivity contribution in [2.24, 2.45) is 23.7 Å². The maximum absolute atomic E-state index is 9.53. The predicted octanol–water partition coefficient (Wildman–Crippen LogP) is 1.02. The third kappa shape index (κ3) is 0.362. The van der Waals surface area contributed by atoms with Gasteiger partial charge in [0, 0.05) is 0 Å². The highest BCUT2D eigenvalue weighted by Gasteiger charge is 2.59. The van der Waals surface area contributed by atoms with Crippen LogP contribution in [-0.2, 0) is 0 Å². The summed E-state index contributed by atoms with van der Waals surface area (Å²) in [4.78, 5) is 0. The van der Waals surface area contributed by atoms with Crippen LogP contribution < -0.4 is 0 Å².